The first kappa shape index (κ1) is 24.5. The summed E-state index contributed by atoms with van der Waals surface area (Å²) in [5.41, 5.74) is 2.33. The zero-order chi connectivity index (χ0) is 25.9. The number of carbonyl (C=O) groups excluding carboxylic acids is 1. The quantitative estimate of drug-likeness (QED) is 0.114. The Hall–Kier alpha value is -4.21. The number of hydrogen-bond donors (Lipinski definition) is 0. The highest BCUT2D eigenvalue weighted by Crippen LogP contribution is 2.39. The maximum Gasteiger partial charge on any atom is 0.270 e. The molecule has 5 rings (SSSR count). The number of fused-ring (bicyclic) bond motifs is 1. The summed E-state index contributed by atoms with van der Waals surface area (Å²) >= 11 is 6.83. The zero-order valence-electron chi connectivity index (χ0n) is 19.6. The lowest BCUT2D eigenvalue weighted by atomic mass is 10.1. The summed E-state index contributed by atoms with van der Waals surface area (Å²) in [6.45, 7) is 0.220. The summed E-state index contributed by atoms with van der Waals surface area (Å²) in [5, 5.41) is 12.8. The molecule has 0 spiro atoms. The third-order valence-electron chi connectivity index (χ3n) is 5.83. The van der Waals surface area contributed by atoms with Crippen LogP contribution in [0, 0.1) is 10.1 Å². The minimum absolute atomic E-state index is 0.0246. The third kappa shape index (κ3) is 5.04. The van der Waals surface area contributed by atoms with Gasteiger partial charge in [0.25, 0.3) is 11.6 Å². The molecule has 0 unspecified atom stereocenters. The first-order chi connectivity index (χ1) is 17.9. The number of nitro groups is 1. The Morgan fingerprint density at radius 3 is 2.51 bits per heavy atom. The molecule has 37 heavy (non-hydrogen) atoms. The summed E-state index contributed by atoms with van der Waals surface area (Å²) in [5.74, 6) is 0.838. The van der Waals surface area contributed by atoms with E-state index in [1.54, 1.807) is 35.2 Å². The van der Waals surface area contributed by atoms with Crippen molar-refractivity contribution in [1.82, 2.24) is 0 Å². The molecule has 9 heteroatoms. The van der Waals surface area contributed by atoms with Gasteiger partial charge in [-0.25, -0.2) is 0 Å². The van der Waals surface area contributed by atoms with E-state index in [2.05, 4.69) is 0 Å². The van der Waals surface area contributed by atoms with Crippen LogP contribution in [0.25, 0.3) is 16.8 Å². The zero-order valence-corrected chi connectivity index (χ0v) is 21.3. The Morgan fingerprint density at radius 2 is 1.76 bits per heavy atom. The van der Waals surface area contributed by atoms with Gasteiger partial charge in [0.2, 0.25) is 0 Å². The standard InChI is InChI=1S/C28H20N2O5S2/c1-34-25-15-19(11-14-24(25)35-17-18-9-12-21(13-10-18)30(32)33)16-26-27(31)29(28(36)37-26)23-8-4-6-20-5-2-3-7-22(20)23/h2-16H,17H2,1H3/b26-16-. The smallest absolute Gasteiger partial charge is 0.270 e. The number of nitrogens with zero attached hydrogens (tertiary/aromatic N) is 2. The molecule has 184 valence electrons. The predicted molar refractivity (Wildman–Crippen MR) is 150 cm³/mol. The average molecular weight is 529 g/mol. The van der Waals surface area contributed by atoms with Crippen molar-refractivity contribution in [1.29, 1.82) is 0 Å². The highest BCUT2D eigenvalue weighted by Gasteiger charge is 2.34. The molecule has 7 nitrogen and oxygen atoms in total. The minimum atomic E-state index is -0.442. The SMILES string of the molecule is COc1cc(/C=C2\SC(=S)N(c3cccc4ccccc34)C2=O)ccc1OCc1ccc([N+](=O)[O-])cc1. The lowest BCUT2D eigenvalue weighted by Gasteiger charge is -2.17. The Labute approximate surface area is 222 Å². The van der Waals surface area contributed by atoms with Gasteiger partial charge >= 0.3 is 0 Å². The largest absolute Gasteiger partial charge is 0.493 e. The second-order valence-electron chi connectivity index (χ2n) is 8.14. The molecule has 0 N–H and O–H groups in total. The van der Waals surface area contributed by atoms with Crippen molar-refractivity contribution < 1.29 is 19.2 Å². The number of ether oxygens (including phenoxy) is 2. The van der Waals surface area contributed by atoms with Crippen LogP contribution in [0.2, 0.25) is 0 Å². The summed E-state index contributed by atoms with van der Waals surface area (Å²) in [4.78, 5) is 25.8. The fourth-order valence-corrected chi connectivity index (χ4v) is 5.28. The van der Waals surface area contributed by atoms with Crippen molar-refractivity contribution in [2.75, 3.05) is 12.0 Å². The highest BCUT2D eigenvalue weighted by molar-refractivity contribution is 8.27. The Morgan fingerprint density at radius 1 is 1.00 bits per heavy atom. The number of thiocarbonyl (C=S) groups is 1. The van der Waals surface area contributed by atoms with Crippen molar-refractivity contribution in [3.05, 3.63) is 111 Å². The first-order valence-corrected chi connectivity index (χ1v) is 12.5. The number of amides is 1. The van der Waals surface area contributed by atoms with Crippen molar-refractivity contribution >= 4 is 62.4 Å². The molecule has 1 amide bonds. The monoisotopic (exact) mass is 528 g/mol. The van der Waals surface area contributed by atoms with Gasteiger partial charge in [-0.3, -0.25) is 19.8 Å². The second-order valence-corrected chi connectivity index (χ2v) is 9.81. The number of carbonyl (C=O) groups is 1. The van der Waals surface area contributed by atoms with E-state index in [9.17, 15) is 14.9 Å². The number of benzene rings is 4. The van der Waals surface area contributed by atoms with Crippen molar-refractivity contribution in [2.45, 2.75) is 6.61 Å². The molecule has 1 aliphatic rings. The number of methoxy groups -OCH3 is 1. The van der Waals surface area contributed by atoms with Crippen molar-refractivity contribution in [3.63, 3.8) is 0 Å². The summed E-state index contributed by atoms with van der Waals surface area (Å²) in [7, 11) is 1.54. The summed E-state index contributed by atoms with van der Waals surface area (Å²) in [6.07, 6.45) is 1.78. The van der Waals surface area contributed by atoms with Crippen LogP contribution in [0.5, 0.6) is 11.5 Å². The van der Waals surface area contributed by atoms with Gasteiger partial charge in [-0.15, -0.1) is 0 Å². The molecule has 0 aromatic heterocycles. The summed E-state index contributed by atoms with van der Waals surface area (Å²) < 4.78 is 11.9. The van der Waals surface area contributed by atoms with Crippen LogP contribution in [-0.4, -0.2) is 22.3 Å². The van der Waals surface area contributed by atoms with Crippen LogP contribution in [-0.2, 0) is 11.4 Å². The number of non-ortho nitro benzene ring substituents is 1. The lowest BCUT2D eigenvalue weighted by molar-refractivity contribution is -0.384. The van der Waals surface area contributed by atoms with Crippen molar-refractivity contribution in [3.8, 4) is 11.5 Å². The van der Waals surface area contributed by atoms with E-state index in [0.29, 0.717) is 20.7 Å². The number of thioether (sulfide) groups is 1. The Bertz CT molecular complexity index is 1560. The van der Waals surface area contributed by atoms with Crippen LogP contribution in [0.4, 0.5) is 11.4 Å². The molecule has 1 saturated heterocycles. The van der Waals surface area contributed by atoms with Gasteiger partial charge < -0.3 is 9.47 Å². The number of anilines is 1. The van der Waals surface area contributed by atoms with Crippen LogP contribution < -0.4 is 14.4 Å². The molecule has 0 radical (unpaired) electrons. The average Bonchev–Trinajstić information content (AvgIpc) is 3.19. The number of nitro benzene ring substituents is 1. The van der Waals surface area contributed by atoms with Gasteiger partial charge in [0, 0.05) is 17.5 Å². The number of rotatable bonds is 7. The van der Waals surface area contributed by atoms with E-state index in [1.807, 2.05) is 48.5 Å². The van der Waals surface area contributed by atoms with Crippen LogP contribution in [0.15, 0.2) is 89.8 Å². The van der Waals surface area contributed by atoms with Crippen molar-refractivity contribution in [2.24, 2.45) is 0 Å². The molecule has 4 aromatic carbocycles. The maximum absolute atomic E-state index is 13.4. The fourth-order valence-electron chi connectivity index (χ4n) is 4.00. The van der Waals surface area contributed by atoms with Crippen LogP contribution in [0.3, 0.4) is 0 Å². The lowest BCUT2D eigenvalue weighted by Crippen LogP contribution is -2.27. The van der Waals surface area contributed by atoms with Gasteiger partial charge in [-0.1, -0.05) is 66.4 Å². The van der Waals surface area contributed by atoms with E-state index >= 15 is 0 Å². The molecular weight excluding hydrogens is 508 g/mol. The molecule has 4 aromatic rings. The molecule has 1 heterocycles. The van der Waals surface area contributed by atoms with Gasteiger partial charge in [0.1, 0.15) is 6.61 Å². The molecule has 0 bridgehead atoms. The molecular formula is C28H20N2O5S2. The molecule has 0 saturated carbocycles. The number of hydrogen-bond acceptors (Lipinski definition) is 7. The molecule has 1 aliphatic heterocycles. The molecule has 0 aliphatic carbocycles. The van der Waals surface area contributed by atoms with E-state index in [4.69, 9.17) is 21.7 Å². The Kier molecular flexibility index (Phi) is 6.89. The summed E-state index contributed by atoms with van der Waals surface area (Å²) in [6, 6.07) is 25.3. The maximum atomic E-state index is 13.4. The van der Waals surface area contributed by atoms with Gasteiger partial charge in [-0.2, -0.15) is 0 Å². The van der Waals surface area contributed by atoms with Gasteiger partial charge in [0.05, 0.1) is 22.6 Å². The highest BCUT2D eigenvalue weighted by atomic mass is 32.2. The Balaban J connectivity index is 1.35. The van der Waals surface area contributed by atoms with Crippen LogP contribution in [0.1, 0.15) is 11.1 Å². The molecule has 1 fully saturated rings. The van der Waals surface area contributed by atoms with Gasteiger partial charge in [-0.05, 0) is 52.9 Å². The third-order valence-corrected chi connectivity index (χ3v) is 7.13. The van der Waals surface area contributed by atoms with E-state index in [0.717, 1.165) is 27.6 Å². The topological polar surface area (TPSA) is 81.9 Å². The van der Waals surface area contributed by atoms with E-state index in [1.165, 1.54) is 31.0 Å². The first-order valence-electron chi connectivity index (χ1n) is 11.2. The van der Waals surface area contributed by atoms with Crippen LogP contribution >= 0.6 is 24.0 Å². The second kappa shape index (κ2) is 10.4. The molecule has 0 atom stereocenters. The predicted octanol–water partition coefficient (Wildman–Crippen LogP) is 6.74. The van der Waals surface area contributed by atoms with E-state index < -0.39 is 4.92 Å². The fraction of sp³-hybridized carbons (Fsp3) is 0.0714. The minimum Gasteiger partial charge on any atom is -0.493 e. The van der Waals surface area contributed by atoms with E-state index in [-0.39, 0.29) is 18.2 Å². The normalized spacial score (nSPS) is 14.4. The van der Waals surface area contributed by atoms with Gasteiger partial charge in [0.15, 0.2) is 15.8 Å².